The van der Waals surface area contributed by atoms with Crippen LogP contribution in [0.2, 0.25) is 0 Å². The maximum atomic E-state index is 11.6. The van der Waals surface area contributed by atoms with Crippen LogP contribution in [0.1, 0.15) is 86.5 Å². The second kappa shape index (κ2) is 8.60. The smallest absolute Gasteiger partial charge is 0.220 e. The quantitative estimate of drug-likeness (QED) is 0.622. The van der Waals surface area contributed by atoms with Gasteiger partial charge in [0.25, 0.3) is 0 Å². The lowest BCUT2D eigenvalue weighted by Crippen LogP contribution is -2.25. The van der Waals surface area contributed by atoms with Gasteiger partial charge >= 0.3 is 0 Å². The van der Waals surface area contributed by atoms with Crippen molar-refractivity contribution in [1.82, 2.24) is 5.32 Å². The minimum Gasteiger partial charge on any atom is -0.356 e. The van der Waals surface area contributed by atoms with Gasteiger partial charge in [0.05, 0.1) is 0 Å². The molecule has 0 aliphatic rings. The highest BCUT2D eigenvalue weighted by Crippen LogP contribution is 2.22. The van der Waals surface area contributed by atoms with Crippen molar-refractivity contribution in [2.75, 3.05) is 6.54 Å². The predicted molar refractivity (Wildman–Crippen MR) is 84.2 cm³/mol. The fourth-order valence-corrected chi connectivity index (χ4v) is 1.94. The van der Waals surface area contributed by atoms with Gasteiger partial charge in [-0.2, -0.15) is 0 Å². The largest absolute Gasteiger partial charge is 0.356 e. The van der Waals surface area contributed by atoms with Crippen LogP contribution in [-0.4, -0.2) is 12.5 Å². The highest BCUT2D eigenvalue weighted by Gasteiger charge is 2.12. The zero-order chi connectivity index (χ0) is 14.9. The van der Waals surface area contributed by atoms with Gasteiger partial charge in [0, 0.05) is 13.0 Å². The molecule has 19 heavy (non-hydrogen) atoms. The molecule has 2 nitrogen and oxygen atoms in total. The van der Waals surface area contributed by atoms with Gasteiger partial charge in [-0.05, 0) is 30.1 Å². The first kappa shape index (κ1) is 18.5. The van der Waals surface area contributed by atoms with Crippen LogP contribution in [0.25, 0.3) is 0 Å². The summed E-state index contributed by atoms with van der Waals surface area (Å²) >= 11 is 0. The number of amides is 1. The molecule has 0 bridgehead atoms. The Bertz CT molecular complexity index is 245. The zero-order valence-electron chi connectivity index (χ0n) is 14.1. The van der Waals surface area contributed by atoms with Crippen molar-refractivity contribution in [3.8, 4) is 0 Å². The van der Waals surface area contributed by atoms with Gasteiger partial charge in [-0.1, -0.05) is 60.8 Å². The molecule has 0 radical (unpaired) electrons. The van der Waals surface area contributed by atoms with Crippen molar-refractivity contribution >= 4 is 5.91 Å². The molecular weight excluding hydrogens is 234 g/mol. The van der Waals surface area contributed by atoms with Crippen LogP contribution >= 0.6 is 0 Å². The lowest BCUT2D eigenvalue weighted by atomic mass is 9.89. The molecule has 0 spiro atoms. The first-order chi connectivity index (χ1) is 8.60. The van der Waals surface area contributed by atoms with Crippen LogP contribution < -0.4 is 5.32 Å². The Labute approximate surface area is 120 Å². The second-order valence-electron chi connectivity index (χ2n) is 8.14. The highest BCUT2D eigenvalue weighted by molar-refractivity contribution is 5.75. The van der Waals surface area contributed by atoms with Crippen LogP contribution in [0.5, 0.6) is 0 Å². The SMILES string of the molecule is CC(C)(C)CCCCCCNC(=O)CCC(C)(C)C. The number of rotatable bonds is 8. The predicted octanol–water partition coefficient (Wildman–Crippen LogP) is 4.93. The minimum absolute atomic E-state index is 0.213. The maximum Gasteiger partial charge on any atom is 0.220 e. The van der Waals surface area contributed by atoms with E-state index in [1.165, 1.54) is 25.7 Å². The Morgan fingerprint density at radius 1 is 0.789 bits per heavy atom. The molecule has 0 aromatic heterocycles. The Hall–Kier alpha value is -0.530. The summed E-state index contributed by atoms with van der Waals surface area (Å²) in [5.74, 6) is 0.213. The number of carbonyl (C=O) groups excluding carboxylic acids is 1. The van der Waals surface area contributed by atoms with Crippen LogP contribution in [0.15, 0.2) is 0 Å². The van der Waals surface area contributed by atoms with E-state index in [9.17, 15) is 4.79 Å². The Kier molecular flexibility index (Phi) is 8.36. The summed E-state index contributed by atoms with van der Waals surface area (Å²) in [6.45, 7) is 14.3. The van der Waals surface area contributed by atoms with E-state index in [1.54, 1.807) is 0 Å². The van der Waals surface area contributed by atoms with E-state index < -0.39 is 0 Å². The van der Waals surface area contributed by atoms with Gasteiger partial charge in [0.15, 0.2) is 0 Å². The molecule has 0 rings (SSSR count). The van der Waals surface area contributed by atoms with Crippen LogP contribution in [-0.2, 0) is 4.79 Å². The molecule has 0 saturated heterocycles. The van der Waals surface area contributed by atoms with Crippen molar-refractivity contribution in [3.05, 3.63) is 0 Å². The number of hydrogen-bond acceptors (Lipinski definition) is 1. The molecule has 0 heterocycles. The molecule has 2 heteroatoms. The average Bonchev–Trinajstić information content (AvgIpc) is 2.22. The van der Waals surface area contributed by atoms with Gasteiger partial charge in [-0.25, -0.2) is 0 Å². The molecule has 1 amide bonds. The number of carbonyl (C=O) groups is 1. The summed E-state index contributed by atoms with van der Waals surface area (Å²) in [5, 5.41) is 3.02. The molecule has 0 saturated carbocycles. The average molecular weight is 269 g/mol. The molecule has 0 fully saturated rings. The van der Waals surface area contributed by atoms with Crippen molar-refractivity contribution in [2.24, 2.45) is 10.8 Å². The fourth-order valence-electron chi connectivity index (χ4n) is 1.94. The number of nitrogens with one attached hydrogen (secondary N) is 1. The van der Waals surface area contributed by atoms with Crippen molar-refractivity contribution < 1.29 is 4.79 Å². The molecule has 1 N–H and O–H groups in total. The van der Waals surface area contributed by atoms with Gasteiger partial charge in [-0.3, -0.25) is 4.79 Å². The minimum atomic E-state index is 0.213. The van der Waals surface area contributed by atoms with Gasteiger partial charge in [0.2, 0.25) is 5.91 Å². The topological polar surface area (TPSA) is 29.1 Å². The molecule has 0 atom stereocenters. The highest BCUT2D eigenvalue weighted by atomic mass is 16.1. The number of unbranched alkanes of at least 4 members (excludes halogenated alkanes) is 3. The molecule has 0 aliphatic heterocycles. The summed E-state index contributed by atoms with van der Waals surface area (Å²) < 4.78 is 0. The van der Waals surface area contributed by atoms with Gasteiger partial charge < -0.3 is 5.32 Å². The Morgan fingerprint density at radius 3 is 1.84 bits per heavy atom. The molecule has 114 valence electrons. The summed E-state index contributed by atoms with van der Waals surface area (Å²) in [5.41, 5.74) is 0.714. The van der Waals surface area contributed by atoms with E-state index in [1.807, 2.05) is 0 Å². The summed E-state index contributed by atoms with van der Waals surface area (Å²) in [6.07, 6.45) is 7.86. The summed E-state index contributed by atoms with van der Waals surface area (Å²) in [4.78, 5) is 11.6. The van der Waals surface area contributed by atoms with Crippen molar-refractivity contribution in [3.63, 3.8) is 0 Å². The van der Waals surface area contributed by atoms with Crippen LogP contribution in [0.3, 0.4) is 0 Å². The van der Waals surface area contributed by atoms with Crippen molar-refractivity contribution in [1.29, 1.82) is 0 Å². The zero-order valence-corrected chi connectivity index (χ0v) is 14.1. The van der Waals surface area contributed by atoms with Crippen molar-refractivity contribution in [2.45, 2.75) is 86.5 Å². The lowest BCUT2D eigenvalue weighted by molar-refractivity contribution is -0.121. The first-order valence-electron chi connectivity index (χ1n) is 7.87. The monoisotopic (exact) mass is 269 g/mol. The van der Waals surface area contributed by atoms with Crippen LogP contribution in [0, 0.1) is 10.8 Å². The van der Waals surface area contributed by atoms with Gasteiger partial charge in [0.1, 0.15) is 0 Å². The fraction of sp³-hybridized carbons (Fsp3) is 0.941. The van der Waals surface area contributed by atoms with Crippen LogP contribution in [0.4, 0.5) is 0 Å². The molecule has 0 aromatic rings. The van der Waals surface area contributed by atoms with E-state index in [4.69, 9.17) is 0 Å². The van der Waals surface area contributed by atoms with E-state index in [2.05, 4.69) is 46.9 Å². The first-order valence-corrected chi connectivity index (χ1v) is 7.87. The van der Waals surface area contributed by atoms with E-state index in [-0.39, 0.29) is 11.3 Å². The van der Waals surface area contributed by atoms with E-state index in [0.717, 1.165) is 19.4 Å². The summed E-state index contributed by atoms with van der Waals surface area (Å²) in [6, 6.07) is 0. The molecular formula is C17H35NO. The Balaban J connectivity index is 3.37. The third-order valence-electron chi connectivity index (χ3n) is 3.28. The standard InChI is InChI=1S/C17H35NO/c1-16(2,3)12-9-7-8-10-14-18-15(19)11-13-17(4,5)6/h7-14H2,1-6H3,(H,18,19). The van der Waals surface area contributed by atoms with E-state index in [0.29, 0.717) is 11.8 Å². The number of hydrogen-bond donors (Lipinski definition) is 1. The van der Waals surface area contributed by atoms with E-state index >= 15 is 0 Å². The van der Waals surface area contributed by atoms with Gasteiger partial charge in [-0.15, -0.1) is 0 Å². The molecule has 0 unspecified atom stereocenters. The lowest BCUT2D eigenvalue weighted by Gasteiger charge is -2.18. The normalized spacial score (nSPS) is 12.5. The summed E-state index contributed by atoms with van der Waals surface area (Å²) in [7, 11) is 0. The second-order valence-corrected chi connectivity index (χ2v) is 8.14. The molecule has 0 aromatic carbocycles. The molecule has 0 aliphatic carbocycles. The Morgan fingerprint density at radius 2 is 1.32 bits per heavy atom. The maximum absolute atomic E-state index is 11.6. The third kappa shape index (κ3) is 15.4. The third-order valence-corrected chi connectivity index (χ3v) is 3.28.